The molecule has 0 saturated carbocycles. The molecule has 2 fully saturated rings. The fraction of sp³-hybridized carbons (Fsp3) is 0.875. The number of piperidine rings is 1. The first-order valence-electron chi connectivity index (χ1n) is 7.99. The van der Waals surface area contributed by atoms with Gasteiger partial charge < -0.3 is 10.2 Å². The first-order chi connectivity index (χ1) is 9.15. The number of rotatable bonds is 5. The van der Waals surface area contributed by atoms with Crippen LogP contribution in [0, 0.1) is 5.92 Å². The van der Waals surface area contributed by atoms with Crippen molar-refractivity contribution in [2.24, 2.45) is 5.92 Å². The van der Waals surface area contributed by atoms with Crippen LogP contribution < -0.4 is 5.32 Å². The Labute approximate surface area is 119 Å². The van der Waals surface area contributed by atoms with Gasteiger partial charge in [-0.05, 0) is 45.6 Å². The fourth-order valence-corrected chi connectivity index (χ4v) is 3.39. The number of nitrogens with zero attached hydrogens (tertiary/aromatic N) is 2. The van der Waals surface area contributed by atoms with Gasteiger partial charge >= 0.3 is 0 Å². The average Bonchev–Trinajstić information content (AvgIpc) is 2.40. The minimum absolute atomic E-state index is 0.698. The Bertz CT molecular complexity index is 282. The van der Waals surface area contributed by atoms with Crippen molar-refractivity contribution in [3.8, 4) is 0 Å². The highest BCUT2D eigenvalue weighted by molar-refractivity contribution is 5.00. The zero-order valence-electron chi connectivity index (χ0n) is 12.8. The molecule has 0 amide bonds. The lowest BCUT2D eigenvalue weighted by molar-refractivity contribution is 0.138. The van der Waals surface area contributed by atoms with Gasteiger partial charge in [0.15, 0.2) is 0 Å². The standard InChI is InChI=1S/C16H31N3/c1-14(2)19-8-4-5-16(13-19)11-15(3)12-18-9-6-17-7-10-18/h14,16-17H,3-13H2,1-2H3. The monoisotopic (exact) mass is 265 g/mol. The van der Waals surface area contributed by atoms with E-state index < -0.39 is 0 Å². The average molecular weight is 265 g/mol. The van der Waals surface area contributed by atoms with E-state index in [1.54, 1.807) is 0 Å². The van der Waals surface area contributed by atoms with Crippen LogP contribution in [0.2, 0.25) is 0 Å². The highest BCUT2D eigenvalue weighted by atomic mass is 15.2. The van der Waals surface area contributed by atoms with Crippen LogP contribution in [-0.2, 0) is 0 Å². The third-order valence-electron chi connectivity index (χ3n) is 4.51. The summed E-state index contributed by atoms with van der Waals surface area (Å²) < 4.78 is 0. The van der Waals surface area contributed by atoms with Crippen LogP contribution in [0.25, 0.3) is 0 Å². The molecule has 110 valence electrons. The van der Waals surface area contributed by atoms with E-state index in [1.165, 1.54) is 51.0 Å². The molecule has 1 unspecified atom stereocenters. The lowest BCUT2D eigenvalue weighted by Crippen LogP contribution is -2.44. The molecule has 0 radical (unpaired) electrons. The van der Waals surface area contributed by atoms with E-state index in [2.05, 4.69) is 35.5 Å². The molecule has 0 bridgehead atoms. The van der Waals surface area contributed by atoms with Gasteiger partial charge in [-0.2, -0.15) is 0 Å². The second kappa shape index (κ2) is 7.41. The van der Waals surface area contributed by atoms with Crippen LogP contribution in [-0.4, -0.2) is 61.7 Å². The summed E-state index contributed by atoms with van der Waals surface area (Å²) >= 11 is 0. The minimum Gasteiger partial charge on any atom is -0.314 e. The molecule has 2 rings (SSSR count). The van der Waals surface area contributed by atoms with E-state index in [-0.39, 0.29) is 0 Å². The second-order valence-corrected chi connectivity index (χ2v) is 6.58. The molecule has 0 aromatic carbocycles. The van der Waals surface area contributed by atoms with Crippen molar-refractivity contribution < 1.29 is 0 Å². The summed E-state index contributed by atoms with van der Waals surface area (Å²) in [6, 6.07) is 0.698. The molecule has 0 aromatic heterocycles. The number of likely N-dealkylation sites (tertiary alicyclic amines) is 1. The molecule has 0 spiro atoms. The van der Waals surface area contributed by atoms with Crippen molar-refractivity contribution in [1.82, 2.24) is 15.1 Å². The predicted octanol–water partition coefficient (Wildman–Crippen LogP) is 1.96. The van der Waals surface area contributed by atoms with Crippen LogP contribution >= 0.6 is 0 Å². The molecule has 1 N–H and O–H groups in total. The van der Waals surface area contributed by atoms with E-state index in [0.717, 1.165) is 25.6 Å². The van der Waals surface area contributed by atoms with Gasteiger partial charge in [-0.15, -0.1) is 0 Å². The third-order valence-corrected chi connectivity index (χ3v) is 4.51. The molecular formula is C16H31N3. The zero-order chi connectivity index (χ0) is 13.7. The van der Waals surface area contributed by atoms with E-state index in [1.807, 2.05) is 0 Å². The molecule has 2 heterocycles. The van der Waals surface area contributed by atoms with Gasteiger partial charge in [0.25, 0.3) is 0 Å². The van der Waals surface area contributed by atoms with E-state index in [0.29, 0.717) is 6.04 Å². The maximum absolute atomic E-state index is 4.33. The molecule has 0 aromatic rings. The van der Waals surface area contributed by atoms with Crippen molar-refractivity contribution in [3.05, 3.63) is 12.2 Å². The molecule has 1 atom stereocenters. The first kappa shape index (κ1) is 15.0. The Kier molecular flexibility index (Phi) is 5.86. The highest BCUT2D eigenvalue weighted by Crippen LogP contribution is 2.24. The van der Waals surface area contributed by atoms with Gasteiger partial charge in [0.1, 0.15) is 0 Å². The molecule has 0 aliphatic carbocycles. The number of hydrogen-bond donors (Lipinski definition) is 1. The molecular weight excluding hydrogens is 234 g/mol. The molecule has 3 nitrogen and oxygen atoms in total. The normalized spacial score (nSPS) is 26.8. The summed E-state index contributed by atoms with van der Waals surface area (Å²) in [4.78, 5) is 5.17. The van der Waals surface area contributed by atoms with Gasteiger partial charge in [-0.3, -0.25) is 4.90 Å². The Morgan fingerprint density at radius 3 is 2.68 bits per heavy atom. The molecule has 3 heteroatoms. The predicted molar refractivity (Wildman–Crippen MR) is 82.5 cm³/mol. The summed E-state index contributed by atoms with van der Waals surface area (Å²) in [5, 5.41) is 3.41. The van der Waals surface area contributed by atoms with Crippen molar-refractivity contribution in [2.45, 2.75) is 39.2 Å². The number of hydrogen-bond acceptors (Lipinski definition) is 3. The van der Waals surface area contributed by atoms with Gasteiger partial charge in [0.05, 0.1) is 0 Å². The van der Waals surface area contributed by atoms with E-state index >= 15 is 0 Å². The van der Waals surface area contributed by atoms with Crippen LogP contribution in [0.1, 0.15) is 33.1 Å². The smallest absolute Gasteiger partial charge is 0.0191 e. The van der Waals surface area contributed by atoms with Crippen molar-refractivity contribution in [2.75, 3.05) is 45.8 Å². The van der Waals surface area contributed by atoms with Crippen molar-refractivity contribution in [1.29, 1.82) is 0 Å². The number of piperazine rings is 1. The SMILES string of the molecule is C=C(CC1CCCN(C(C)C)C1)CN1CCNCC1. The lowest BCUT2D eigenvalue weighted by atomic mass is 9.91. The first-order valence-corrected chi connectivity index (χ1v) is 7.99. The Morgan fingerprint density at radius 1 is 1.26 bits per heavy atom. The van der Waals surface area contributed by atoms with Gasteiger partial charge in [0, 0.05) is 45.3 Å². The second-order valence-electron chi connectivity index (χ2n) is 6.58. The largest absolute Gasteiger partial charge is 0.314 e. The Morgan fingerprint density at radius 2 is 2.00 bits per heavy atom. The van der Waals surface area contributed by atoms with Gasteiger partial charge in [-0.1, -0.05) is 12.2 Å². The van der Waals surface area contributed by atoms with Crippen LogP contribution in [0.15, 0.2) is 12.2 Å². The molecule has 2 saturated heterocycles. The van der Waals surface area contributed by atoms with Crippen LogP contribution in [0.4, 0.5) is 0 Å². The summed E-state index contributed by atoms with van der Waals surface area (Å²) in [6.45, 7) is 17.3. The van der Waals surface area contributed by atoms with E-state index in [4.69, 9.17) is 0 Å². The van der Waals surface area contributed by atoms with E-state index in [9.17, 15) is 0 Å². The topological polar surface area (TPSA) is 18.5 Å². The van der Waals surface area contributed by atoms with Crippen molar-refractivity contribution in [3.63, 3.8) is 0 Å². The summed E-state index contributed by atoms with van der Waals surface area (Å²) in [6.07, 6.45) is 3.99. The van der Waals surface area contributed by atoms with Crippen LogP contribution in [0.3, 0.4) is 0 Å². The quantitative estimate of drug-likeness (QED) is 0.767. The maximum atomic E-state index is 4.33. The fourth-order valence-electron chi connectivity index (χ4n) is 3.39. The number of nitrogens with one attached hydrogen (secondary N) is 1. The third kappa shape index (κ3) is 4.90. The summed E-state index contributed by atoms with van der Waals surface area (Å²) in [7, 11) is 0. The van der Waals surface area contributed by atoms with Crippen molar-refractivity contribution >= 4 is 0 Å². The van der Waals surface area contributed by atoms with Gasteiger partial charge in [0.2, 0.25) is 0 Å². The Hall–Kier alpha value is -0.380. The molecule has 2 aliphatic rings. The minimum atomic E-state index is 0.698. The lowest BCUT2D eigenvalue weighted by Gasteiger charge is -2.36. The maximum Gasteiger partial charge on any atom is 0.0191 e. The Balaban J connectivity index is 1.72. The summed E-state index contributed by atoms with van der Waals surface area (Å²) in [5.74, 6) is 0.839. The summed E-state index contributed by atoms with van der Waals surface area (Å²) in [5.41, 5.74) is 1.44. The zero-order valence-corrected chi connectivity index (χ0v) is 12.8. The molecule has 2 aliphatic heterocycles. The highest BCUT2D eigenvalue weighted by Gasteiger charge is 2.22. The molecule has 19 heavy (non-hydrogen) atoms. The van der Waals surface area contributed by atoms with Gasteiger partial charge in [-0.25, -0.2) is 0 Å². The van der Waals surface area contributed by atoms with Crippen LogP contribution in [0.5, 0.6) is 0 Å².